The molecule has 0 aliphatic heterocycles. The summed E-state index contributed by atoms with van der Waals surface area (Å²) in [6.45, 7) is 1.90. The fourth-order valence-electron chi connectivity index (χ4n) is 4.44. The Labute approximate surface area is 214 Å². The largest absolute Gasteiger partial charge is 0.289 e. The van der Waals surface area contributed by atoms with E-state index in [2.05, 4.69) is 0 Å². The predicted molar refractivity (Wildman–Crippen MR) is 144 cm³/mol. The van der Waals surface area contributed by atoms with Crippen molar-refractivity contribution >= 4 is 35.3 Å². The van der Waals surface area contributed by atoms with E-state index in [0.29, 0.717) is 16.7 Å². The van der Waals surface area contributed by atoms with Gasteiger partial charge in [0.05, 0.1) is 0 Å². The van der Waals surface area contributed by atoms with E-state index in [1.165, 1.54) is 6.08 Å². The molecule has 4 nitrogen and oxygen atoms in total. The number of allylic oxidation sites excluding steroid dienone is 2. The van der Waals surface area contributed by atoms with Gasteiger partial charge in [-0.05, 0) is 35.8 Å². The minimum Gasteiger partial charge on any atom is -0.289 e. The van der Waals surface area contributed by atoms with Crippen LogP contribution in [0.15, 0.2) is 103 Å². The normalized spacial score (nSPS) is 12.6. The second kappa shape index (κ2) is 9.96. The fraction of sp³-hybridized carbons (Fsp3) is 0.0303. The van der Waals surface area contributed by atoms with Crippen molar-refractivity contribution in [3.05, 3.63) is 153 Å². The van der Waals surface area contributed by atoms with Crippen molar-refractivity contribution in [2.75, 3.05) is 0 Å². The molecule has 0 amide bonds. The number of benzene rings is 4. The number of aryl methyl sites for hydroxylation is 1. The van der Waals surface area contributed by atoms with Gasteiger partial charge in [-0.1, -0.05) is 103 Å². The second-order valence-corrected chi connectivity index (χ2v) is 8.81. The third kappa shape index (κ3) is 4.65. The highest BCUT2D eigenvalue weighted by molar-refractivity contribution is 6.31. The summed E-state index contributed by atoms with van der Waals surface area (Å²) in [4.78, 5) is 51.6. The molecule has 0 unspecified atom stereocenters. The van der Waals surface area contributed by atoms with Crippen LogP contribution in [-0.2, 0) is 0 Å². The molecule has 4 aromatic carbocycles. The lowest BCUT2D eigenvalue weighted by Gasteiger charge is -2.19. The van der Waals surface area contributed by atoms with Gasteiger partial charge in [-0.15, -0.1) is 0 Å². The molecule has 0 saturated carbocycles. The molecule has 0 bridgehead atoms. The van der Waals surface area contributed by atoms with Crippen LogP contribution < -0.4 is 0 Å². The molecule has 0 aromatic heterocycles. The Bertz CT molecular complexity index is 1640. The summed E-state index contributed by atoms with van der Waals surface area (Å²) in [5, 5.41) is 0. The molecule has 0 radical (unpaired) electrons. The van der Waals surface area contributed by atoms with Gasteiger partial charge in [-0.25, -0.2) is 0 Å². The highest BCUT2D eigenvalue weighted by Crippen LogP contribution is 2.30. The van der Waals surface area contributed by atoms with E-state index in [0.717, 1.165) is 16.7 Å². The van der Waals surface area contributed by atoms with E-state index in [1.807, 2.05) is 49.4 Å². The predicted octanol–water partition coefficient (Wildman–Crippen LogP) is 6.56. The standard InChI is InChI=1S/C33H22O4/c1-21-7-2-3-8-24(21)29(34)19-17-22-13-15-23(16-14-22)18-20-30(35)27-11-6-12-28-31(27)33(37)26-10-5-4-9-25(26)32(28)36/h2-20H,1H3/b19-17+,20-18+. The Hall–Kier alpha value is -4.96. The number of rotatable bonds is 6. The summed E-state index contributed by atoms with van der Waals surface area (Å²) in [6, 6.07) is 26.3. The molecule has 0 atom stereocenters. The van der Waals surface area contributed by atoms with Crippen LogP contribution in [0, 0.1) is 6.92 Å². The Kier molecular flexibility index (Phi) is 6.40. The quantitative estimate of drug-likeness (QED) is 0.203. The summed E-state index contributed by atoms with van der Waals surface area (Å²) < 4.78 is 0. The van der Waals surface area contributed by atoms with Crippen LogP contribution in [0.25, 0.3) is 12.2 Å². The first-order valence-corrected chi connectivity index (χ1v) is 11.9. The average molecular weight is 483 g/mol. The van der Waals surface area contributed by atoms with E-state index in [4.69, 9.17) is 0 Å². The molecule has 178 valence electrons. The molecule has 1 aliphatic rings. The molecule has 4 heteroatoms. The van der Waals surface area contributed by atoms with Crippen molar-refractivity contribution in [1.29, 1.82) is 0 Å². The Morgan fingerprint density at radius 1 is 0.541 bits per heavy atom. The maximum absolute atomic E-state index is 13.2. The summed E-state index contributed by atoms with van der Waals surface area (Å²) in [6.07, 6.45) is 6.37. The Morgan fingerprint density at radius 2 is 1.03 bits per heavy atom. The maximum atomic E-state index is 13.2. The van der Waals surface area contributed by atoms with Gasteiger partial charge < -0.3 is 0 Å². The van der Waals surface area contributed by atoms with E-state index in [1.54, 1.807) is 66.8 Å². The minimum absolute atomic E-state index is 0.0606. The molecule has 4 aromatic rings. The number of carbonyl (C=O) groups is 4. The van der Waals surface area contributed by atoms with Gasteiger partial charge in [0.1, 0.15) is 0 Å². The van der Waals surface area contributed by atoms with Crippen molar-refractivity contribution in [2.45, 2.75) is 6.92 Å². The zero-order valence-corrected chi connectivity index (χ0v) is 20.1. The first kappa shape index (κ1) is 23.8. The van der Waals surface area contributed by atoms with Crippen molar-refractivity contribution in [3.8, 4) is 0 Å². The highest BCUT2D eigenvalue weighted by Gasteiger charge is 2.32. The van der Waals surface area contributed by atoms with Crippen LogP contribution in [0.1, 0.15) is 69.2 Å². The molecule has 0 spiro atoms. The summed E-state index contributed by atoms with van der Waals surface area (Å²) >= 11 is 0. The molecule has 0 fully saturated rings. The molecule has 1 aliphatic carbocycles. The first-order valence-electron chi connectivity index (χ1n) is 11.9. The van der Waals surface area contributed by atoms with Gasteiger partial charge >= 0.3 is 0 Å². The third-order valence-electron chi connectivity index (χ3n) is 6.42. The van der Waals surface area contributed by atoms with Crippen LogP contribution >= 0.6 is 0 Å². The van der Waals surface area contributed by atoms with Gasteiger partial charge in [0.2, 0.25) is 0 Å². The number of fused-ring (bicyclic) bond motifs is 2. The van der Waals surface area contributed by atoms with Crippen molar-refractivity contribution in [3.63, 3.8) is 0 Å². The van der Waals surface area contributed by atoms with E-state index in [-0.39, 0.29) is 39.8 Å². The minimum atomic E-state index is -0.356. The van der Waals surface area contributed by atoms with Crippen LogP contribution in [0.4, 0.5) is 0 Å². The van der Waals surface area contributed by atoms with E-state index >= 15 is 0 Å². The monoisotopic (exact) mass is 482 g/mol. The maximum Gasteiger partial charge on any atom is 0.195 e. The lowest BCUT2D eigenvalue weighted by molar-refractivity contribution is 0.0972. The second-order valence-electron chi connectivity index (χ2n) is 8.81. The van der Waals surface area contributed by atoms with Crippen molar-refractivity contribution < 1.29 is 19.2 Å². The zero-order chi connectivity index (χ0) is 25.9. The Balaban J connectivity index is 1.33. The Morgan fingerprint density at radius 3 is 1.65 bits per heavy atom. The SMILES string of the molecule is Cc1ccccc1C(=O)/C=C/c1ccc(/C=C/C(=O)c2cccc3c2C(=O)c2ccccc2C3=O)cc1. The molecule has 0 saturated heterocycles. The molecule has 0 N–H and O–H groups in total. The topological polar surface area (TPSA) is 68.3 Å². The summed E-state index contributed by atoms with van der Waals surface area (Å²) in [7, 11) is 0. The molecule has 0 heterocycles. The number of carbonyl (C=O) groups excluding carboxylic acids is 4. The molecular formula is C33H22O4. The van der Waals surface area contributed by atoms with E-state index in [9.17, 15) is 19.2 Å². The third-order valence-corrected chi connectivity index (χ3v) is 6.42. The van der Waals surface area contributed by atoms with Crippen molar-refractivity contribution in [1.82, 2.24) is 0 Å². The lowest BCUT2D eigenvalue weighted by Crippen LogP contribution is -2.23. The zero-order valence-electron chi connectivity index (χ0n) is 20.1. The van der Waals surface area contributed by atoms with Crippen LogP contribution in [0.5, 0.6) is 0 Å². The van der Waals surface area contributed by atoms with E-state index < -0.39 is 0 Å². The number of hydrogen-bond acceptors (Lipinski definition) is 4. The van der Waals surface area contributed by atoms with Gasteiger partial charge in [0.15, 0.2) is 23.1 Å². The highest BCUT2D eigenvalue weighted by atomic mass is 16.1. The van der Waals surface area contributed by atoms with Crippen LogP contribution in [-0.4, -0.2) is 23.1 Å². The molecule has 37 heavy (non-hydrogen) atoms. The first-order chi connectivity index (χ1) is 17.9. The van der Waals surface area contributed by atoms with Crippen LogP contribution in [0.3, 0.4) is 0 Å². The molecular weight excluding hydrogens is 460 g/mol. The summed E-state index contributed by atoms with van der Waals surface area (Å²) in [5.74, 6) is -0.994. The van der Waals surface area contributed by atoms with Gasteiger partial charge in [0, 0.05) is 33.4 Å². The number of hydrogen-bond donors (Lipinski definition) is 0. The smallest absolute Gasteiger partial charge is 0.195 e. The fourth-order valence-corrected chi connectivity index (χ4v) is 4.44. The average Bonchev–Trinajstić information content (AvgIpc) is 2.93. The lowest BCUT2D eigenvalue weighted by atomic mass is 9.81. The van der Waals surface area contributed by atoms with Gasteiger partial charge in [-0.3, -0.25) is 19.2 Å². The van der Waals surface area contributed by atoms with Crippen LogP contribution in [0.2, 0.25) is 0 Å². The van der Waals surface area contributed by atoms with Gasteiger partial charge in [0.25, 0.3) is 0 Å². The van der Waals surface area contributed by atoms with Gasteiger partial charge in [-0.2, -0.15) is 0 Å². The van der Waals surface area contributed by atoms with Crippen molar-refractivity contribution in [2.24, 2.45) is 0 Å². The number of ketones is 4. The molecule has 5 rings (SSSR count). The summed E-state index contributed by atoms with van der Waals surface area (Å²) in [5.41, 5.74) is 4.51.